The smallest absolute Gasteiger partial charge is 0.102 e. The van der Waals surface area contributed by atoms with E-state index in [4.69, 9.17) is 0 Å². The van der Waals surface area contributed by atoms with Crippen molar-refractivity contribution in [2.75, 3.05) is 13.2 Å². The van der Waals surface area contributed by atoms with Gasteiger partial charge in [-0.05, 0) is 19.1 Å². The first-order chi connectivity index (χ1) is 5.84. The van der Waals surface area contributed by atoms with Crippen LogP contribution in [0.1, 0.15) is 18.7 Å². The Kier molecular flexibility index (Phi) is 3.67. The fourth-order valence-corrected chi connectivity index (χ4v) is 1.01. The van der Waals surface area contributed by atoms with Gasteiger partial charge in [0, 0.05) is 18.8 Å². The van der Waals surface area contributed by atoms with Gasteiger partial charge in [-0.15, -0.1) is 0 Å². The minimum absolute atomic E-state index is 0.127. The van der Waals surface area contributed by atoms with E-state index in [2.05, 4.69) is 10.3 Å². The third kappa shape index (κ3) is 2.58. The number of alkyl halides is 1. The summed E-state index contributed by atoms with van der Waals surface area (Å²) in [7, 11) is 0. The van der Waals surface area contributed by atoms with Crippen LogP contribution in [-0.2, 0) is 0 Å². The van der Waals surface area contributed by atoms with Gasteiger partial charge in [-0.25, -0.2) is 4.39 Å². The number of aromatic nitrogens is 1. The number of hydrogen-bond donors (Lipinski definition) is 1. The number of rotatable bonds is 4. The predicted molar refractivity (Wildman–Crippen MR) is 46.6 cm³/mol. The molecular formula is C9H13FN2. The number of nitrogens with zero attached hydrogens (tertiary/aromatic N) is 1. The van der Waals surface area contributed by atoms with Gasteiger partial charge in [0.1, 0.15) is 6.67 Å². The highest BCUT2D eigenvalue weighted by Crippen LogP contribution is 2.06. The van der Waals surface area contributed by atoms with Gasteiger partial charge in [0.15, 0.2) is 0 Å². The molecule has 0 fully saturated rings. The molecule has 0 bridgehead atoms. The van der Waals surface area contributed by atoms with Crippen molar-refractivity contribution in [2.24, 2.45) is 0 Å². The average molecular weight is 168 g/mol. The summed E-state index contributed by atoms with van der Waals surface area (Å²) < 4.78 is 11.8. The van der Waals surface area contributed by atoms with Crippen LogP contribution in [0.15, 0.2) is 24.4 Å². The van der Waals surface area contributed by atoms with E-state index in [1.165, 1.54) is 0 Å². The summed E-state index contributed by atoms with van der Waals surface area (Å²) in [5.41, 5.74) is 0.950. The molecule has 0 unspecified atom stereocenters. The maximum Gasteiger partial charge on any atom is 0.102 e. The highest BCUT2D eigenvalue weighted by Gasteiger charge is 2.03. The molecule has 0 saturated carbocycles. The summed E-state index contributed by atoms with van der Waals surface area (Å²) in [5, 5.41) is 3.01. The standard InChI is InChI=1S/C9H13FN2/c1-8(11-7-5-10)9-4-2-3-6-12-9/h2-4,6,8,11H,5,7H2,1H3/t8-/m0/s1. The lowest BCUT2D eigenvalue weighted by molar-refractivity contribution is 0.441. The van der Waals surface area contributed by atoms with E-state index in [1.807, 2.05) is 25.1 Å². The number of pyridine rings is 1. The van der Waals surface area contributed by atoms with Crippen molar-refractivity contribution in [2.45, 2.75) is 13.0 Å². The third-order valence-corrected chi connectivity index (χ3v) is 1.68. The summed E-state index contributed by atoms with van der Waals surface area (Å²) in [6.07, 6.45) is 1.74. The summed E-state index contributed by atoms with van der Waals surface area (Å²) in [5.74, 6) is 0. The molecule has 0 aliphatic rings. The van der Waals surface area contributed by atoms with Crippen LogP contribution in [-0.4, -0.2) is 18.2 Å². The second-order valence-corrected chi connectivity index (χ2v) is 2.62. The molecule has 1 atom stereocenters. The molecular weight excluding hydrogens is 155 g/mol. The zero-order chi connectivity index (χ0) is 8.81. The highest BCUT2D eigenvalue weighted by atomic mass is 19.1. The molecule has 1 heterocycles. The Hall–Kier alpha value is -0.960. The van der Waals surface area contributed by atoms with Crippen LogP contribution in [0.2, 0.25) is 0 Å². The molecule has 1 N–H and O–H groups in total. The zero-order valence-corrected chi connectivity index (χ0v) is 7.13. The van der Waals surface area contributed by atoms with Crippen LogP contribution in [0, 0.1) is 0 Å². The molecule has 1 rings (SSSR count). The van der Waals surface area contributed by atoms with Crippen molar-refractivity contribution >= 4 is 0 Å². The molecule has 0 spiro atoms. The molecule has 0 radical (unpaired) electrons. The van der Waals surface area contributed by atoms with Crippen molar-refractivity contribution in [3.05, 3.63) is 30.1 Å². The summed E-state index contributed by atoms with van der Waals surface area (Å²) in [6, 6.07) is 5.85. The second-order valence-electron chi connectivity index (χ2n) is 2.62. The minimum Gasteiger partial charge on any atom is -0.306 e. The van der Waals surface area contributed by atoms with Crippen molar-refractivity contribution in [1.82, 2.24) is 10.3 Å². The molecule has 1 aromatic heterocycles. The molecule has 12 heavy (non-hydrogen) atoms. The van der Waals surface area contributed by atoms with Gasteiger partial charge in [0.25, 0.3) is 0 Å². The van der Waals surface area contributed by atoms with Gasteiger partial charge in [-0.1, -0.05) is 6.07 Å². The van der Waals surface area contributed by atoms with E-state index in [0.717, 1.165) is 5.69 Å². The van der Waals surface area contributed by atoms with E-state index in [-0.39, 0.29) is 12.7 Å². The Morgan fingerprint density at radius 1 is 1.58 bits per heavy atom. The number of halogens is 1. The van der Waals surface area contributed by atoms with Crippen molar-refractivity contribution in [1.29, 1.82) is 0 Å². The van der Waals surface area contributed by atoms with Gasteiger partial charge >= 0.3 is 0 Å². The monoisotopic (exact) mass is 168 g/mol. The van der Waals surface area contributed by atoms with Crippen molar-refractivity contribution in [3.63, 3.8) is 0 Å². The topological polar surface area (TPSA) is 24.9 Å². The largest absolute Gasteiger partial charge is 0.306 e. The van der Waals surface area contributed by atoms with Gasteiger partial charge in [-0.3, -0.25) is 4.98 Å². The lowest BCUT2D eigenvalue weighted by Crippen LogP contribution is -2.21. The van der Waals surface area contributed by atoms with E-state index >= 15 is 0 Å². The predicted octanol–water partition coefficient (Wildman–Crippen LogP) is 1.70. The van der Waals surface area contributed by atoms with Crippen LogP contribution in [0.5, 0.6) is 0 Å². The van der Waals surface area contributed by atoms with E-state index < -0.39 is 0 Å². The second kappa shape index (κ2) is 4.83. The fraction of sp³-hybridized carbons (Fsp3) is 0.444. The van der Waals surface area contributed by atoms with Crippen LogP contribution in [0.4, 0.5) is 4.39 Å². The maximum absolute atomic E-state index is 11.8. The maximum atomic E-state index is 11.8. The Bertz CT molecular complexity index is 213. The Morgan fingerprint density at radius 2 is 2.42 bits per heavy atom. The summed E-state index contributed by atoms with van der Waals surface area (Å²) in [6.45, 7) is 2.02. The SMILES string of the molecule is C[C@H](NCCF)c1ccccn1. The first-order valence-corrected chi connectivity index (χ1v) is 4.05. The molecule has 2 nitrogen and oxygen atoms in total. The van der Waals surface area contributed by atoms with Crippen LogP contribution < -0.4 is 5.32 Å². The number of nitrogens with one attached hydrogen (secondary N) is 1. The van der Waals surface area contributed by atoms with Gasteiger partial charge in [-0.2, -0.15) is 0 Å². The zero-order valence-electron chi connectivity index (χ0n) is 7.13. The quantitative estimate of drug-likeness (QED) is 0.740. The molecule has 0 saturated heterocycles. The van der Waals surface area contributed by atoms with E-state index in [1.54, 1.807) is 6.20 Å². The Morgan fingerprint density at radius 3 is 3.00 bits per heavy atom. The summed E-state index contributed by atoms with van der Waals surface area (Å²) >= 11 is 0. The van der Waals surface area contributed by atoms with Crippen molar-refractivity contribution < 1.29 is 4.39 Å². The lowest BCUT2D eigenvalue weighted by atomic mass is 10.2. The van der Waals surface area contributed by atoms with Crippen LogP contribution >= 0.6 is 0 Å². The molecule has 0 aliphatic heterocycles. The molecule has 3 heteroatoms. The minimum atomic E-state index is -0.336. The fourth-order valence-electron chi connectivity index (χ4n) is 1.01. The molecule has 1 aromatic rings. The van der Waals surface area contributed by atoms with E-state index in [0.29, 0.717) is 6.54 Å². The van der Waals surface area contributed by atoms with Crippen LogP contribution in [0.3, 0.4) is 0 Å². The molecule has 0 amide bonds. The third-order valence-electron chi connectivity index (χ3n) is 1.68. The summed E-state index contributed by atoms with van der Waals surface area (Å²) in [4.78, 5) is 4.15. The molecule has 0 aliphatic carbocycles. The lowest BCUT2D eigenvalue weighted by Gasteiger charge is -2.10. The Labute approximate surface area is 71.8 Å². The molecule has 0 aromatic carbocycles. The van der Waals surface area contributed by atoms with Gasteiger partial charge in [0.2, 0.25) is 0 Å². The van der Waals surface area contributed by atoms with Crippen LogP contribution in [0.25, 0.3) is 0 Å². The van der Waals surface area contributed by atoms with E-state index in [9.17, 15) is 4.39 Å². The number of hydrogen-bond acceptors (Lipinski definition) is 2. The van der Waals surface area contributed by atoms with Crippen molar-refractivity contribution in [3.8, 4) is 0 Å². The average Bonchev–Trinajstić information content (AvgIpc) is 2.15. The first-order valence-electron chi connectivity index (χ1n) is 4.05. The van der Waals surface area contributed by atoms with Gasteiger partial charge < -0.3 is 5.32 Å². The Balaban J connectivity index is 2.48. The molecule has 66 valence electrons. The van der Waals surface area contributed by atoms with Gasteiger partial charge in [0.05, 0.1) is 5.69 Å². The normalized spacial score (nSPS) is 12.8. The highest BCUT2D eigenvalue weighted by molar-refractivity contribution is 5.07. The first kappa shape index (κ1) is 9.13.